The molecule has 1 unspecified atom stereocenters. The van der Waals surface area contributed by atoms with Crippen molar-refractivity contribution >= 4 is 5.97 Å². The summed E-state index contributed by atoms with van der Waals surface area (Å²) in [5, 5.41) is 22.0. The molecule has 0 saturated heterocycles. The molecule has 0 aliphatic heterocycles. The molecule has 5 nitrogen and oxygen atoms in total. The lowest BCUT2D eigenvalue weighted by Crippen LogP contribution is -2.13. The number of aliphatic hydroxyl groups excluding tert-OH is 1. The lowest BCUT2D eigenvalue weighted by molar-refractivity contribution is -0.145. The fourth-order valence-electron chi connectivity index (χ4n) is 0.215. The Hall–Kier alpha value is -1.36. The SMILES string of the molecule is CC(O)C(=O)O.c1cn[nH]c1. The summed E-state index contributed by atoms with van der Waals surface area (Å²) in [6, 6.07) is 1.83. The van der Waals surface area contributed by atoms with Gasteiger partial charge in [0.2, 0.25) is 0 Å². The molecule has 0 aliphatic rings. The van der Waals surface area contributed by atoms with E-state index in [0.29, 0.717) is 0 Å². The third-order valence-electron chi connectivity index (χ3n) is 0.763. The standard InChI is InChI=1S/C3H4N2.C3H6O3/c1-2-4-5-3-1;1-2(4)3(5)6/h1-3H,(H,4,5);2,4H,1H3,(H,5,6). The number of aliphatic carboxylic acids is 1. The number of hydrogen-bond acceptors (Lipinski definition) is 3. The molecule has 0 spiro atoms. The van der Waals surface area contributed by atoms with Crippen LogP contribution in [0.3, 0.4) is 0 Å². The summed E-state index contributed by atoms with van der Waals surface area (Å²) in [7, 11) is 0. The van der Waals surface area contributed by atoms with Gasteiger partial charge in [-0.15, -0.1) is 0 Å². The first-order valence-corrected chi connectivity index (χ1v) is 2.99. The van der Waals surface area contributed by atoms with Crippen LogP contribution in [-0.4, -0.2) is 32.5 Å². The molecule has 0 amide bonds. The molecule has 0 radical (unpaired) electrons. The predicted molar refractivity (Wildman–Crippen MR) is 37.9 cm³/mol. The monoisotopic (exact) mass is 158 g/mol. The van der Waals surface area contributed by atoms with Crippen LogP contribution in [0, 0.1) is 0 Å². The molecule has 0 aromatic carbocycles. The third kappa shape index (κ3) is 6.53. The van der Waals surface area contributed by atoms with Crippen LogP contribution in [0.5, 0.6) is 0 Å². The van der Waals surface area contributed by atoms with Crippen molar-refractivity contribution in [2.45, 2.75) is 13.0 Å². The van der Waals surface area contributed by atoms with Gasteiger partial charge < -0.3 is 10.2 Å². The number of carboxylic acid groups (broad SMARTS) is 1. The predicted octanol–water partition coefficient (Wildman–Crippen LogP) is -0.139. The second-order valence-corrected chi connectivity index (χ2v) is 1.78. The summed E-state index contributed by atoms with van der Waals surface area (Å²) < 4.78 is 0. The Kier molecular flexibility index (Phi) is 4.76. The van der Waals surface area contributed by atoms with E-state index in [0.717, 1.165) is 0 Å². The van der Waals surface area contributed by atoms with Crippen molar-refractivity contribution in [3.8, 4) is 0 Å². The van der Waals surface area contributed by atoms with Gasteiger partial charge in [-0.3, -0.25) is 5.10 Å². The van der Waals surface area contributed by atoms with Crippen LogP contribution in [0.25, 0.3) is 0 Å². The highest BCUT2D eigenvalue weighted by Crippen LogP contribution is 1.73. The van der Waals surface area contributed by atoms with E-state index in [-0.39, 0.29) is 0 Å². The molecule has 1 heterocycles. The van der Waals surface area contributed by atoms with Gasteiger partial charge in [-0.2, -0.15) is 5.10 Å². The second-order valence-electron chi connectivity index (χ2n) is 1.78. The fraction of sp³-hybridized carbons (Fsp3) is 0.333. The van der Waals surface area contributed by atoms with Crippen molar-refractivity contribution < 1.29 is 15.0 Å². The molecule has 3 N–H and O–H groups in total. The zero-order valence-corrected chi connectivity index (χ0v) is 6.06. The number of aromatic nitrogens is 2. The smallest absolute Gasteiger partial charge is 0.332 e. The van der Waals surface area contributed by atoms with E-state index in [9.17, 15) is 4.79 Å². The number of aliphatic hydroxyl groups is 1. The fourth-order valence-corrected chi connectivity index (χ4v) is 0.215. The number of nitrogens with zero attached hydrogens (tertiary/aromatic N) is 1. The minimum absolute atomic E-state index is 1.19. The first-order valence-electron chi connectivity index (χ1n) is 2.99. The molecule has 1 aromatic heterocycles. The normalized spacial score (nSPS) is 11.1. The lowest BCUT2D eigenvalue weighted by Gasteiger charge is -1.89. The Morgan fingerprint density at radius 3 is 2.36 bits per heavy atom. The first kappa shape index (κ1) is 9.64. The van der Waals surface area contributed by atoms with Crippen molar-refractivity contribution in [2.75, 3.05) is 0 Å². The maximum atomic E-state index is 9.45. The highest BCUT2D eigenvalue weighted by atomic mass is 16.4. The number of carboxylic acids is 1. The van der Waals surface area contributed by atoms with Crippen LogP contribution >= 0.6 is 0 Å². The molecule has 1 atom stereocenters. The van der Waals surface area contributed by atoms with Crippen LogP contribution in [0.4, 0.5) is 0 Å². The Labute approximate surface area is 63.7 Å². The molecule has 0 aliphatic carbocycles. The number of hydrogen-bond donors (Lipinski definition) is 3. The molecule has 62 valence electrons. The van der Waals surface area contributed by atoms with Crippen molar-refractivity contribution in [1.29, 1.82) is 0 Å². The van der Waals surface area contributed by atoms with Gasteiger partial charge in [-0.25, -0.2) is 4.79 Å². The average Bonchev–Trinajstić information content (AvgIpc) is 2.41. The Bertz CT molecular complexity index is 166. The topological polar surface area (TPSA) is 86.2 Å². The minimum Gasteiger partial charge on any atom is -0.479 e. The molecule has 0 bridgehead atoms. The number of rotatable bonds is 1. The molecule has 0 saturated carbocycles. The van der Waals surface area contributed by atoms with Gasteiger partial charge >= 0.3 is 5.97 Å². The van der Waals surface area contributed by atoms with Gasteiger partial charge in [0, 0.05) is 12.4 Å². The molecule has 1 aromatic rings. The van der Waals surface area contributed by atoms with Gasteiger partial charge in [0.25, 0.3) is 0 Å². The highest BCUT2D eigenvalue weighted by Gasteiger charge is 2.01. The van der Waals surface area contributed by atoms with Crippen molar-refractivity contribution in [2.24, 2.45) is 0 Å². The summed E-state index contributed by atoms with van der Waals surface area (Å²) in [4.78, 5) is 9.45. The van der Waals surface area contributed by atoms with Crippen LogP contribution in [-0.2, 0) is 4.79 Å². The molecular weight excluding hydrogens is 148 g/mol. The summed E-state index contributed by atoms with van der Waals surface area (Å²) in [6.07, 6.45) is 2.23. The second kappa shape index (κ2) is 5.43. The molecule has 11 heavy (non-hydrogen) atoms. The number of aromatic amines is 1. The van der Waals surface area contributed by atoms with Gasteiger partial charge in [0.1, 0.15) is 6.10 Å². The van der Waals surface area contributed by atoms with Crippen LogP contribution in [0.15, 0.2) is 18.5 Å². The molecule has 5 heteroatoms. The zero-order valence-electron chi connectivity index (χ0n) is 6.06. The van der Waals surface area contributed by atoms with Crippen molar-refractivity contribution in [3.63, 3.8) is 0 Å². The van der Waals surface area contributed by atoms with Crippen molar-refractivity contribution in [1.82, 2.24) is 10.2 Å². The lowest BCUT2D eigenvalue weighted by atomic mass is 10.4. The summed E-state index contributed by atoms with van der Waals surface area (Å²) in [5.41, 5.74) is 0. The number of nitrogens with one attached hydrogen (secondary N) is 1. The Morgan fingerprint density at radius 2 is 2.27 bits per heavy atom. The number of carbonyl (C=O) groups is 1. The van der Waals surface area contributed by atoms with Gasteiger partial charge in [-0.05, 0) is 13.0 Å². The quantitative estimate of drug-likeness (QED) is 0.531. The molecule has 1 rings (SSSR count). The van der Waals surface area contributed by atoms with Crippen LogP contribution in [0.1, 0.15) is 6.92 Å². The Morgan fingerprint density at radius 1 is 1.73 bits per heavy atom. The van der Waals surface area contributed by atoms with Gasteiger partial charge in [-0.1, -0.05) is 0 Å². The van der Waals surface area contributed by atoms with E-state index in [1.165, 1.54) is 6.92 Å². The van der Waals surface area contributed by atoms with E-state index in [4.69, 9.17) is 10.2 Å². The highest BCUT2D eigenvalue weighted by molar-refractivity contribution is 5.71. The first-order chi connectivity index (χ1) is 5.14. The maximum absolute atomic E-state index is 9.45. The number of H-pyrrole nitrogens is 1. The minimum atomic E-state index is -1.23. The van der Waals surface area contributed by atoms with E-state index in [1.807, 2.05) is 6.07 Å². The van der Waals surface area contributed by atoms with Gasteiger partial charge in [0.15, 0.2) is 0 Å². The molecular formula is C6H10N2O3. The summed E-state index contributed by atoms with van der Waals surface area (Å²) >= 11 is 0. The maximum Gasteiger partial charge on any atom is 0.332 e. The van der Waals surface area contributed by atoms with Crippen LogP contribution in [0.2, 0.25) is 0 Å². The van der Waals surface area contributed by atoms with Crippen molar-refractivity contribution in [3.05, 3.63) is 18.5 Å². The van der Waals surface area contributed by atoms with E-state index in [1.54, 1.807) is 12.4 Å². The van der Waals surface area contributed by atoms with Crippen LogP contribution < -0.4 is 0 Å². The average molecular weight is 158 g/mol. The zero-order chi connectivity index (χ0) is 8.69. The molecule has 0 fully saturated rings. The summed E-state index contributed by atoms with van der Waals surface area (Å²) in [5.74, 6) is -1.19. The van der Waals surface area contributed by atoms with E-state index < -0.39 is 12.1 Å². The van der Waals surface area contributed by atoms with E-state index >= 15 is 0 Å². The van der Waals surface area contributed by atoms with E-state index in [2.05, 4.69) is 10.2 Å². The third-order valence-corrected chi connectivity index (χ3v) is 0.763. The largest absolute Gasteiger partial charge is 0.479 e. The Balaban J connectivity index is 0.000000183. The summed E-state index contributed by atoms with van der Waals surface area (Å²) in [6.45, 7) is 1.20. The van der Waals surface area contributed by atoms with Gasteiger partial charge in [0.05, 0.1) is 0 Å².